The van der Waals surface area contributed by atoms with Crippen LogP contribution in [0.15, 0.2) is 0 Å². The summed E-state index contributed by atoms with van der Waals surface area (Å²) in [6.45, 7) is 0.677. The third-order valence-corrected chi connectivity index (χ3v) is 3.69. The molecule has 0 amide bonds. The van der Waals surface area contributed by atoms with Crippen molar-refractivity contribution in [1.82, 2.24) is 4.72 Å². The summed E-state index contributed by atoms with van der Waals surface area (Å²) in [7, 11) is -2.97. The minimum Gasteiger partial charge on any atom is -0.215 e. The van der Waals surface area contributed by atoms with Gasteiger partial charge in [-0.2, -0.15) is 0 Å². The summed E-state index contributed by atoms with van der Waals surface area (Å²) >= 11 is 0. The standard InChI is InChI=1S/C8H15NO2S/c1-12(10,11)9-6-8(4-5-8)7-2-3-7/h7,9H,2-6H2,1H3. The van der Waals surface area contributed by atoms with Crippen molar-refractivity contribution in [1.29, 1.82) is 0 Å². The third-order valence-electron chi connectivity index (χ3n) is 3.02. The zero-order valence-corrected chi connectivity index (χ0v) is 8.15. The van der Waals surface area contributed by atoms with Gasteiger partial charge in [0.25, 0.3) is 0 Å². The molecule has 1 N–H and O–H groups in total. The van der Waals surface area contributed by atoms with Crippen molar-refractivity contribution in [3.8, 4) is 0 Å². The van der Waals surface area contributed by atoms with Crippen molar-refractivity contribution in [2.24, 2.45) is 11.3 Å². The van der Waals surface area contributed by atoms with Crippen LogP contribution in [0.2, 0.25) is 0 Å². The molecule has 2 aliphatic carbocycles. The monoisotopic (exact) mass is 189 g/mol. The SMILES string of the molecule is CS(=O)(=O)NCC1(C2CC2)CC1. The van der Waals surface area contributed by atoms with Gasteiger partial charge < -0.3 is 0 Å². The van der Waals surface area contributed by atoms with E-state index < -0.39 is 10.0 Å². The van der Waals surface area contributed by atoms with Gasteiger partial charge in [-0.15, -0.1) is 0 Å². The number of nitrogens with one attached hydrogen (secondary N) is 1. The Morgan fingerprint density at radius 2 is 2.00 bits per heavy atom. The highest BCUT2D eigenvalue weighted by atomic mass is 32.2. The lowest BCUT2D eigenvalue weighted by Gasteiger charge is -2.13. The van der Waals surface area contributed by atoms with Gasteiger partial charge in [-0.05, 0) is 37.0 Å². The molecule has 3 nitrogen and oxygen atoms in total. The lowest BCUT2D eigenvalue weighted by atomic mass is 10.0. The highest BCUT2D eigenvalue weighted by molar-refractivity contribution is 7.88. The quantitative estimate of drug-likeness (QED) is 0.708. The zero-order valence-electron chi connectivity index (χ0n) is 7.34. The molecule has 0 bridgehead atoms. The third kappa shape index (κ3) is 1.80. The largest absolute Gasteiger partial charge is 0.215 e. The van der Waals surface area contributed by atoms with Gasteiger partial charge in [-0.1, -0.05) is 0 Å². The molecule has 12 heavy (non-hydrogen) atoms. The average molecular weight is 189 g/mol. The van der Waals surface area contributed by atoms with Crippen LogP contribution in [0.1, 0.15) is 25.7 Å². The van der Waals surface area contributed by atoms with Crippen LogP contribution < -0.4 is 4.72 Å². The molecule has 2 saturated carbocycles. The number of hydrogen-bond acceptors (Lipinski definition) is 2. The summed E-state index contributed by atoms with van der Waals surface area (Å²) in [5.74, 6) is 0.826. The Kier molecular flexibility index (Phi) is 1.74. The van der Waals surface area contributed by atoms with Crippen LogP contribution >= 0.6 is 0 Å². The minimum atomic E-state index is -2.97. The highest BCUT2D eigenvalue weighted by Gasteiger charge is 2.53. The Balaban J connectivity index is 1.87. The van der Waals surface area contributed by atoms with Crippen molar-refractivity contribution in [2.45, 2.75) is 25.7 Å². The Hall–Kier alpha value is -0.0900. The minimum absolute atomic E-state index is 0.378. The second-order valence-corrected chi connectivity index (χ2v) is 6.06. The number of sulfonamides is 1. The fraction of sp³-hybridized carbons (Fsp3) is 1.00. The van der Waals surface area contributed by atoms with E-state index in [-0.39, 0.29) is 0 Å². The van der Waals surface area contributed by atoms with Crippen LogP contribution in [0, 0.1) is 11.3 Å². The van der Waals surface area contributed by atoms with Crippen LogP contribution in [-0.4, -0.2) is 21.2 Å². The molecule has 0 saturated heterocycles. The maximum Gasteiger partial charge on any atom is 0.208 e. The van der Waals surface area contributed by atoms with E-state index in [2.05, 4.69) is 4.72 Å². The van der Waals surface area contributed by atoms with Gasteiger partial charge in [0.15, 0.2) is 0 Å². The highest BCUT2D eigenvalue weighted by Crippen LogP contribution is 2.60. The van der Waals surface area contributed by atoms with Crippen LogP contribution in [0.3, 0.4) is 0 Å². The predicted octanol–water partition coefficient (Wildman–Crippen LogP) is 0.726. The molecule has 70 valence electrons. The van der Waals surface area contributed by atoms with Gasteiger partial charge in [0.2, 0.25) is 10.0 Å². The van der Waals surface area contributed by atoms with Crippen molar-refractivity contribution in [3.63, 3.8) is 0 Å². The van der Waals surface area contributed by atoms with E-state index in [1.54, 1.807) is 0 Å². The van der Waals surface area contributed by atoms with Crippen LogP contribution in [-0.2, 0) is 10.0 Å². The first-order valence-corrected chi connectivity index (χ1v) is 6.36. The van der Waals surface area contributed by atoms with E-state index in [0.717, 1.165) is 5.92 Å². The molecule has 0 heterocycles. The summed E-state index contributed by atoms with van der Waals surface area (Å²) in [5, 5.41) is 0. The second-order valence-electron chi connectivity index (χ2n) is 4.23. The lowest BCUT2D eigenvalue weighted by molar-refractivity contribution is 0.432. The maximum absolute atomic E-state index is 10.8. The summed E-state index contributed by atoms with van der Waals surface area (Å²) in [6.07, 6.45) is 6.30. The van der Waals surface area contributed by atoms with Crippen LogP contribution in [0.4, 0.5) is 0 Å². The molecule has 0 atom stereocenters. The first-order chi connectivity index (χ1) is 5.52. The molecule has 0 aromatic carbocycles. The molecule has 2 fully saturated rings. The summed E-state index contributed by atoms with van der Waals surface area (Å²) in [4.78, 5) is 0. The summed E-state index contributed by atoms with van der Waals surface area (Å²) in [6, 6.07) is 0. The smallest absolute Gasteiger partial charge is 0.208 e. The van der Waals surface area contributed by atoms with Gasteiger partial charge in [0, 0.05) is 6.54 Å². The van der Waals surface area contributed by atoms with Gasteiger partial charge in [-0.25, -0.2) is 13.1 Å². The average Bonchev–Trinajstić information content (AvgIpc) is 2.78. The van der Waals surface area contributed by atoms with Crippen molar-refractivity contribution in [3.05, 3.63) is 0 Å². The molecular formula is C8H15NO2S. The van der Waals surface area contributed by atoms with Crippen molar-refractivity contribution < 1.29 is 8.42 Å². The molecule has 0 aromatic heterocycles. The van der Waals surface area contributed by atoms with Gasteiger partial charge in [-0.3, -0.25) is 0 Å². The molecular weight excluding hydrogens is 174 g/mol. The van der Waals surface area contributed by atoms with Gasteiger partial charge >= 0.3 is 0 Å². The van der Waals surface area contributed by atoms with Crippen LogP contribution in [0.25, 0.3) is 0 Å². The van der Waals surface area contributed by atoms with Gasteiger partial charge in [0.1, 0.15) is 0 Å². The number of rotatable bonds is 4. The van der Waals surface area contributed by atoms with E-state index in [9.17, 15) is 8.42 Å². The zero-order chi connectivity index (χ0) is 8.82. The molecule has 0 aliphatic heterocycles. The Morgan fingerprint density at radius 3 is 2.33 bits per heavy atom. The molecule has 0 aromatic rings. The normalized spacial score (nSPS) is 27.1. The molecule has 0 radical (unpaired) electrons. The molecule has 0 spiro atoms. The molecule has 2 aliphatic rings. The first kappa shape index (κ1) is 8.51. The van der Waals surface area contributed by atoms with E-state index in [1.807, 2.05) is 0 Å². The fourth-order valence-electron chi connectivity index (χ4n) is 1.86. The Labute approximate surface area is 73.6 Å². The molecule has 0 unspecified atom stereocenters. The van der Waals surface area contributed by atoms with Gasteiger partial charge in [0.05, 0.1) is 6.26 Å². The fourth-order valence-corrected chi connectivity index (χ4v) is 2.41. The van der Waals surface area contributed by atoms with E-state index >= 15 is 0 Å². The Bertz CT molecular complexity index is 275. The lowest BCUT2D eigenvalue weighted by Crippen LogP contribution is -2.30. The molecule has 2 rings (SSSR count). The maximum atomic E-state index is 10.8. The van der Waals surface area contributed by atoms with E-state index in [4.69, 9.17) is 0 Å². The van der Waals surface area contributed by atoms with Crippen molar-refractivity contribution in [2.75, 3.05) is 12.8 Å². The van der Waals surface area contributed by atoms with E-state index in [0.29, 0.717) is 12.0 Å². The van der Waals surface area contributed by atoms with Crippen LogP contribution in [0.5, 0.6) is 0 Å². The van der Waals surface area contributed by atoms with E-state index in [1.165, 1.54) is 31.9 Å². The predicted molar refractivity (Wildman–Crippen MR) is 47.2 cm³/mol. The second kappa shape index (κ2) is 2.45. The summed E-state index contributed by atoms with van der Waals surface area (Å²) in [5.41, 5.74) is 0.378. The summed E-state index contributed by atoms with van der Waals surface area (Å²) < 4.78 is 24.3. The first-order valence-electron chi connectivity index (χ1n) is 4.47. The Morgan fingerprint density at radius 1 is 1.42 bits per heavy atom. The van der Waals surface area contributed by atoms with Crippen molar-refractivity contribution >= 4 is 10.0 Å². The number of hydrogen-bond donors (Lipinski definition) is 1. The molecule has 4 heteroatoms. The topological polar surface area (TPSA) is 46.2 Å².